The first-order valence-electron chi connectivity index (χ1n) is 4.18. The van der Waals surface area contributed by atoms with Crippen LogP contribution in [0.2, 0.25) is 0 Å². The molecule has 0 bridgehead atoms. The summed E-state index contributed by atoms with van der Waals surface area (Å²) in [5, 5.41) is 0. The summed E-state index contributed by atoms with van der Waals surface area (Å²) in [6, 6.07) is 5.01. The zero-order chi connectivity index (χ0) is 8.55. The van der Waals surface area contributed by atoms with Crippen molar-refractivity contribution in [3.63, 3.8) is 0 Å². The summed E-state index contributed by atoms with van der Waals surface area (Å²) < 4.78 is 18.4. The molecule has 0 radical (unpaired) electrons. The van der Waals surface area contributed by atoms with Crippen molar-refractivity contribution in [2.24, 2.45) is 0 Å². The summed E-state index contributed by atoms with van der Waals surface area (Å²) in [5.74, 6) is 0.466. The van der Waals surface area contributed by atoms with Crippen molar-refractivity contribution < 1.29 is 9.13 Å². The molecule has 2 heteroatoms. The summed E-state index contributed by atoms with van der Waals surface area (Å²) in [6.07, 6.45) is 2.55. The zero-order valence-corrected chi connectivity index (χ0v) is 7.01. The molecule has 1 aliphatic carbocycles. The number of ether oxygens (including phenoxy) is 1. The normalized spacial score (nSPS) is 16.2. The average molecular weight is 166 g/mol. The molecule has 1 fully saturated rings. The van der Waals surface area contributed by atoms with E-state index in [2.05, 4.69) is 0 Å². The first-order valence-corrected chi connectivity index (χ1v) is 4.18. The van der Waals surface area contributed by atoms with Gasteiger partial charge in [-0.25, -0.2) is 4.39 Å². The van der Waals surface area contributed by atoms with Gasteiger partial charge in [0.2, 0.25) is 0 Å². The lowest BCUT2D eigenvalue weighted by Gasteiger charge is -2.04. The molecule has 64 valence electrons. The minimum Gasteiger partial charge on any atom is -0.490 e. The number of halogens is 1. The van der Waals surface area contributed by atoms with E-state index in [4.69, 9.17) is 4.74 Å². The lowest BCUT2D eigenvalue weighted by molar-refractivity contribution is 0.301. The van der Waals surface area contributed by atoms with Gasteiger partial charge in [-0.3, -0.25) is 0 Å². The van der Waals surface area contributed by atoms with E-state index in [1.165, 1.54) is 6.07 Å². The lowest BCUT2D eigenvalue weighted by Crippen LogP contribution is -1.96. The van der Waals surface area contributed by atoms with Crippen LogP contribution < -0.4 is 4.74 Å². The third-order valence-electron chi connectivity index (χ3n) is 1.97. The Morgan fingerprint density at radius 3 is 2.75 bits per heavy atom. The largest absolute Gasteiger partial charge is 0.490 e. The molecule has 0 spiro atoms. The second kappa shape index (κ2) is 2.77. The fourth-order valence-electron chi connectivity index (χ4n) is 1.03. The van der Waals surface area contributed by atoms with Gasteiger partial charge < -0.3 is 4.74 Å². The lowest BCUT2D eigenvalue weighted by atomic mass is 10.2. The standard InChI is InChI=1S/C10H11FO/c1-7-2-3-9(6-10(7)11)12-8-4-5-8/h2-3,6,8H,4-5H2,1H3. The van der Waals surface area contributed by atoms with Crippen molar-refractivity contribution in [1.82, 2.24) is 0 Å². The molecule has 0 amide bonds. The molecule has 0 unspecified atom stereocenters. The van der Waals surface area contributed by atoms with Gasteiger partial charge in [-0.15, -0.1) is 0 Å². The van der Waals surface area contributed by atoms with Crippen molar-refractivity contribution in [2.75, 3.05) is 0 Å². The Morgan fingerprint density at radius 2 is 2.17 bits per heavy atom. The molecule has 1 aliphatic rings. The summed E-state index contributed by atoms with van der Waals surface area (Å²) in [7, 11) is 0. The third kappa shape index (κ3) is 1.58. The van der Waals surface area contributed by atoms with Crippen LogP contribution in [0, 0.1) is 12.7 Å². The fraction of sp³-hybridized carbons (Fsp3) is 0.400. The predicted octanol–water partition coefficient (Wildman–Crippen LogP) is 2.68. The first kappa shape index (κ1) is 7.59. The molecule has 1 nitrogen and oxygen atoms in total. The third-order valence-corrected chi connectivity index (χ3v) is 1.97. The molecule has 0 N–H and O–H groups in total. The van der Waals surface area contributed by atoms with Gasteiger partial charge >= 0.3 is 0 Å². The quantitative estimate of drug-likeness (QED) is 0.656. The maximum atomic E-state index is 13.0. The van der Waals surface area contributed by atoms with Crippen molar-refractivity contribution >= 4 is 0 Å². The highest BCUT2D eigenvalue weighted by atomic mass is 19.1. The van der Waals surface area contributed by atoms with E-state index in [-0.39, 0.29) is 5.82 Å². The van der Waals surface area contributed by atoms with E-state index in [1.807, 2.05) is 6.07 Å². The van der Waals surface area contributed by atoms with Crippen LogP contribution in [0.5, 0.6) is 5.75 Å². The van der Waals surface area contributed by atoms with Gasteiger partial charge in [0.1, 0.15) is 11.6 Å². The van der Waals surface area contributed by atoms with Crippen LogP contribution in [-0.4, -0.2) is 6.10 Å². The molecule has 0 heterocycles. The Balaban J connectivity index is 2.15. The van der Waals surface area contributed by atoms with Gasteiger partial charge in [-0.05, 0) is 31.4 Å². The molecule has 2 rings (SSSR count). The van der Waals surface area contributed by atoms with Crippen LogP contribution in [0.3, 0.4) is 0 Å². The van der Waals surface area contributed by atoms with E-state index >= 15 is 0 Å². The molecule has 1 saturated carbocycles. The van der Waals surface area contributed by atoms with Gasteiger partial charge in [-0.1, -0.05) is 6.07 Å². The predicted molar refractivity (Wildman–Crippen MR) is 44.8 cm³/mol. The van der Waals surface area contributed by atoms with E-state index in [9.17, 15) is 4.39 Å². The molecule has 1 aromatic carbocycles. The maximum absolute atomic E-state index is 13.0. The van der Waals surface area contributed by atoms with E-state index in [0.717, 1.165) is 12.8 Å². The number of hydrogen-bond donors (Lipinski definition) is 0. The minimum atomic E-state index is -0.187. The van der Waals surface area contributed by atoms with E-state index < -0.39 is 0 Å². The highest BCUT2D eigenvalue weighted by Crippen LogP contribution is 2.27. The van der Waals surface area contributed by atoms with Gasteiger partial charge in [0.15, 0.2) is 0 Å². The Hall–Kier alpha value is -1.05. The molecular weight excluding hydrogens is 155 g/mol. The number of hydrogen-bond acceptors (Lipinski definition) is 1. The summed E-state index contributed by atoms with van der Waals surface area (Å²) in [6.45, 7) is 1.75. The van der Waals surface area contributed by atoms with Gasteiger partial charge in [0.05, 0.1) is 6.10 Å². The second-order valence-electron chi connectivity index (χ2n) is 3.23. The SMILES string of the molecule is Cc1ccc(OC2CC2)cc1F. The van der Waals surface area contributed by atoms with Gasteiger partial charge in [0, 0.05) is 6.07 Å². The van der Waals surface area contributed by atoms with Crippen LogP contribution in [0.25, 0.3) is 0 Å². The zero-order valence-electron chi connectivity index (χ0n) is 7.01. The van der Waals surface area contributed by atoms with Crippen molar-refractivity contribution in [3.05, 3.63) is 29.6 Å². The topological polar surface area (TPSA) is 9.23 Å². The highest BCUT2D eigenvalue weighted by Gasteiger charge is 2.23. The Labute approximate surface area is 71.2 Å². The Morgan fingerprint density at radius 1 is 1.42 bits per heavy atom. The molecule has 12 heavy (non-hydrogen) atoms. The summed E-state index contributed by atoms with van der Waals surface area (Å²) in [4.78, 5) is 0. The minimum absolute atomic E-state index is 0.187. The van der Waals surface area contributed by atoms with E-state index in [0.29, 0.717) is 17.4 Å². The number of rotatable bonds is 2. The molecule has 0 saturated heterocycles. The van der Waals surface area contributed by atoms with Crippen LogP contribution in [0.15, 0.2) is 18.2 Å². The fourth-order valence-corrected chi connectivity index (χ4v) is 1.03. The molecular formula is C10H11FO. The van der Waals surface area contributed by atoms with Crippen molar-refractivity contribution in [1.29, 1.82) is 0 Å². The van der Waals surface area contributed by atoms with Crippen LogP contribution in [-0.2, 0) is 0 Å². The van der Waals surface area contributed by atoms with Crippen molar-refractivity contribution in [2.45, 2.75) is 25.9 Å². The van der Waals surface area contributed by atoms with E-state index in [1.54, 1.807) is 13.0 Å². The van der Waals surface area contributed by atoms with Crippen molar-refractivity contribution in [3.8, 4) is 5.75 Å². The first-order chi connectivity index (χ1) is 5.75. The molecule has 1 aromatic rings. The summed E-state index contributed by atoms with van der Waals surface area (Å²) >= 11 is 0. The van der Waals surface area contributed by atoms with Crippen LogP contribution in [0.4, 0.5) is 4.39 Å². The van der Waals surface area contributed by atoms with Crippen LogP contribution in [0.1, 0.15) is 18.4 Å². The Bertz CT molecular complexity index is 292. The second-order valence-corrected chi connectivity index (χ2v) is 3.23. The van der Waals surface area contributed by atoms with Gasteiger partial charge in [-0.2, -0.15) is 0 Å². The average Bonchev–Trinajstić information content (AvgIpc) is 2.81. The summed E-state index contributed by atoms with van der Waals surface area (Å²) in [5.41, 5.74) is 0.665. The monoisotopic (exact) mass is 166 g/mol. The molecule has 0 atom stereocenters. The molecule has 0 aliphatic heterocycles. The van der Waals surface area contributed by atoms with Crippen LogP contribution >= 0.6 is 0 Å². The Kier molecular flexibility index (Phi) is 1.75. The maximum Gasteiger partial charge on any atom is 0.129 e. The molecule has 0 aromatic heterocycles. The number of benzene rings is 1. The number of aryl methyl sites for hydroxylation is 1. The van der Waals surface area contributed by atoms with Gasteiger partial charge in [0.25, 0.3) is 0 Å². The smallest absolute Gasteiger partial charge is 0.129 e. The highest BCUT2D eigenvalue weighted by molar-refractivity contribution is 5.28.